The van der Waals surface area contributed by atoms with Crippen LogP contribution in [0.15, 0.2) is 61.1 Å². The van der Waals surface area contributed by atoms with Gasteiger partial charge in [-0.1, -0.05) is 18.2 Å². The van der Waals surface area contributed by atoms with E-state index in [2.05, 4.69) is 23.8 Å². The van der Waals surface area contributed by atoms with Crippen molar-refractivity contribution in [3.05, 3.63) is 83.3 Å². The summed E-state index contributed by atoms with van der Waals surface area (Å²) in [6.45, 7) is 6.29. The lowest BCUT2D eigenvalue weighted by Crippen LogP contribution is -2.24. The number of carboxylic acids is 1. The van der Waals surface area contributed by atoms with Crippen LogP contribution < -0.4 is 4.90 Å². The molecule has 0 spiro atoms. The number of carbonyl (C=O) groups is 2. The van der Waals surface area contributed by atoms with Gasteiger partial charge in [0, 0.05) is 35.8 Å². The number of anilines is 1. The number of imidazole rings is 1. The maximum absolute atomic E-state index is 13.4. The second-order valence-electron chi connectivity index (χ2n) is 8.53. The van der Waals surface area contributed by atoms with Gasteiger partial charge in [0.15, 0.2) is 5.82 Å². The van der Waals surface area contributed by atoms with Gasteiger partial charge in [0.2, 0.25) is 0 Å². The Morgan fingerprint density at radius 2 is 1.91 bits per heavy atom. The number of carbonyl (C=O) groups excluding carboxylic acids is 1. The average Bonchev–Trinajstić information content (AvgIpc) is 3.44. The fourth-order valence-corrected chi connectivity index (χ4v) is 4.32. The molecule has 0 aliphatic carbocycles. The molecule has 0 saturated carbocycles. The molecule has 34 heavy (non-hydrogen) atoms. The van der Waals surface area contributed by atoms with E-state index in [9.17, 15) is 14.7 Å². The number of rotatable bonds is 5. The maximum atomic E-state index is 13.4. The number of fused-ring (bicyclic) bond motifs is 1. The zero-order valence-corrected chi connectivity index (χ0v) is 19.1. The summed E-state index contributed by atoms with van der Waals surface area (Å²) in [7, 11) is 0. The minimum atomic E-state index is -1.01. The van der Waals surface area contributed by atoms with E-state index in [-0.39, 0.29) is 17.5 Å². The Morgan fingerprint density at radius 3 is 2.68 bits per heavy atom. The maximum Gasteiger partial charge on any atom is 0.336 e. The van der Waals surface area contributed by atoms with Crippen molar-refractivity contribution >= 4 is 17.7 Å². The highest BCUT2D eigenvalue weighted by Gasteiger charge is 2.30. The highest BCUT2D eigenvalue weighted by molar-refractivity contribution is 6.10. The Morgan fingerprint density at radius 1 is 1.09 bits per heavy atom. The molecule has 4 heterocycles. The Bertz CT molecular complexity index is 1440. The summed E-state index contributed by atoms with van der Waals surface area (Å²) >= 11 is 0. The highest BCUT2D eigenvalue weighted by Crippen LogP contribution is 2.33. The van der Waals surface area contributed by atoms with E-state index in [0.29, 0.717) is 40.4 Å². The third kappa shape index (κ3) is 3.53. The second kappa shape index (κ2) is 8.22. The predicted octanol–water partition coefficient (Wildman–Crippen LogP) is 4.76. The molecule has 0 saturated heterocycles. The first kappa shape index (κ1) is 21.5. The quantitative estimate of drug-likeness (QED) is 0.468. The summed E-state index contributed by atoms with van der Waals surface area (Å²) in [4.78, 5) is 40.1. The van der Waals surface area contributed by atoms with Gasteiger partial charge in [0.25, 0.3) is 5.91 Å². The second-order valence-corrected chi connectivity index (χ2v) is 8.53. The van der Waals surface area contributed by atoms with Crippen LogP contribution in [0.4, 0.5) is 5.82 Å². The molecule has 3 aromatic heterocycles. The number of pyridine rings is 2. The SMILES string of the molecule is Cc1c(C(=O)O)ccnc1-c1ccc2c(c1)C(=O)N(c1cccc(-c3nccn3C(C)C)n1)C2. The lowest BCUT2D eigenvalue weighted by molar-refractivity contribution is 0.0695. The third-order valence-electron chi connectivity index (χ3n) is 6.09. The molecule has 1 aliphatic rings. The topological polar surface area (TPSA) is 101 Å². The van der Waals surface area contributed by atoms with E-state index < -0.39 is 5.97 Å². The van der Waals surface area contributed by atoms with Gasteiger partial charge in [0.05, 0.1) is 17.8 Å². The van der Waals surface area contributed by atoms with Crippen molar-refractivity contribution in [2.75, 3.05) is 4.90 Å². The van der Waals surface area contributed by atoms with Crippen molar-refractivity contribution in [1.82, 2.24) is 19.5 Å². The molecule has 0 unspecified atom stereocenters. The van der Waals surface area contributed by atoms with Crippen molar-refractivity contribution in [3.8, 4) is 22.8 Å². The van der Waals surface area contributed by atoms with Crippen LogP contribution in [0.3, 0.4) is 0 Å². The molecule has 5 rings (SSSR count). The van der Waals surface area contributed by atoms with E-state index in [1.165, 1.54) is 12.3 Å². The number of carboxylic acid groups (broad SMARTS) is 1. The van der Waals surface area contributed by atoms with Crippen LogP contribution in [0.5, 0.6) is 0 Å². The van der Waals surface area contributed by atoms with Gasteiger partial charge in [0.1, 0.15) is 11.5 Å². The monoisotopic (exact) mass is 453 g/mol. The first-order valence-corrected chi connectivity index (χ1v) is 11.0. The average molecular weight is 454 g/mol. The molecule has 0 radical (unpaired) electrons. The Kier molecular flexibility index (Phi) is 5.20. The first-order valence-electron chi connectivity index (χ1n) is 11.0. The van der Waals surface area contributed by atoms with Crippen LogP contribution in [-0.4, -0.2) is 36.5 Å². The van der Waals surface area contributed by atoms with E-state index in [4.69, 9.17) is 4.98 Å². The zero-order chi connectivity index (χ0) is 24.0. The zero-order valence-electron chi connectivity index (χ0n) is 19.1. The van der Waals surface area contributed by atoms with E-state index >= 15 is 0 Å². The van der Waals surface area contributed by atoms with Crippen molar-refractivity contribution < 1.29 is 14.7 Å². The molecule has 1 aromatic carbocycles. The van der Waals surface area contributed by atoms with Crippen LogP contribution >= 0.6 is 0 Å². The molecule has 170 valence electrons. The van der Waals surface area contributed by atoms with Crippen LogP contribution in [-0.2, 0) is 6.54 Å². The molecule has 1 N–H and O–H groups in total. The summed E-state index contributed by atoms with van der Waals surface area (Å²) in [5.41, 5.74) is 4.16. The molecule has 0 atom stereocenters. The number of hydrogen-bond acceptors (Lipinski definition) is 5. The summed E-state index contributed by atoms with van der Waals surface area (Å²) in [5.74, 6) is 0.151. The van der Waals surface area contributed by atoms with Gasteiger partial charge < -0.3 is 9.67 Å². The first-order chi connectivity index (χ1) is 16.3. The standard InChI is InChI=1S/C26H23N5O3/c1-15(2)30-12-11-28-24(30)21-5-4-6-22(29-21)31-14-18-8-7-17(13-20(18)25(31)32)23-16(3)19(26(33)34)9-10-27-23/h4-13,15H,14H2,1-3H3,(H,33,34). The summed E-state index contributed by atoms with van der Waals surface area (Å²) in [6.07, 6.45) is 5.14. The normalized spacial score (nSPS) is 12.9. The van der Waals surface area contributed by atoms with Gasteiger partial charge >= 0.3 is 5.97 Å². The van der Waals surface area contributed by atoms with Crippen LogP contribution in [0.2, 0.25) is 0 Å². The fraction of sp³-hybridized carbons (Fsp3) is 0.192. The number of benzene rings is 1. The minimum absolute atomic E-state index is 0.152. The molecule has 0 bridgehead atoms. The number of amides is 1. The molecule has 1 amide bonds. The van der Waals surface area contributed by atoms with Gasteiger partial charge in [-0.2, -0.15) is 0 Å². The number of aromatic nitrogens is 4. The van der Waals surface area contributed by atoms with Crippen molar-refractivity contribution in [3.63, 3.8) is 0 Å². The number of aromatic carboxylic acids is 1. The van der Waals surface area contributed by atoms with Crippen LogP contribution in [0, 0.1) is 6.92 Å². The molecule has 8 nitrogen and oxygen atoms in total. The van der Waals surface area contributed by atoms with E-state index in [1.54, 1.807) is 24.1 Å². The Hall–Kier alpha value is -4.33. The molecular weight excluding hydrogens is 430 g/mol. The minimum Gasteiger partial charge on any atom is -0.478 e. The van der Waals surface area contributed by atoms with Gasteiger partial charge in [-0.25, -0.2) is 14.8 Å². The fourth-order valence-electron chi connectivity index (χ4n) is 4.32. The van der Waals surface area contributed by atoms with Gasteiger partial charge in [-0.05, 0) is 56.2 Å². The molecule has 8 heteroatoms. The van der Waals surface area contributed by atoms with E-state index in [0.717, 1.165) is 11.4 Å². The Balaban J connectivity index is 1.49. The van der Waals surface area contributed by atoms with Crippen molar-refractivity contribution in [2.24, 2.45) is 0 Å². The summed E-state index contributed by atoms with van der Waals surface area (Å²) < 4.78 is 2.04. The van der Waals surface area contributed by atoms with Crippen LogP contribution in [0.1, 0.15) is 51.7 Å². The van der Waals surface area contributed by atoms with Crippen molar-refractivity contribution in [2.45, 2.75) is 33.4 Å². The van der Waals surface area contributed by atoms with E-state index in [1.807, 2.05) is 41.1 Å². The molecule has 0 fully saturated rings. The third-order valence-corrected chi connectivity index (χ3v) is 6.09. The molecule has 4 aromatic rings. The lowest BCUT2D eigenvalue weighted by atomic mass is 9.99. The summed E-state index contributed by atoms with van der Waals surface area (Å²) in [6, 6.07) is 12.9. The largest absolute Gasteiger partial charge is 0.478 e. The highest BCUT2D eigenvalue weighted by atomic mass is 16.4. The number of nitrogens with zero attached hydrogens (tertiary/aromatic N) is 5. The lowest BCUT2D eigenvalue weighted by Gasteiger charge is -2.16. The van der Waals surface area contributed by atoms with Crippen LogP contribution in [0.25, 0.3) is 22.8 Å². The predicted molar refractivity (Wildman–Crippen MR) is 128 cm³/mol. The van der Waals surface area contributed by atoms with Gasteiger partial charge in [-0.15, -0.1) is 0 Å². The van der Waals surface area contributed by atoms with Gasteiger partial charge in [-0.3, -0.25) is 14.7 Å². The summed E-state index contributed by atoms with van der Waals surface area (Å²) in [5, 5.41) is 9.43. The molecular formula is C26H23N5O3. The molecule has 1 aliphatic heterocycles. The smallest absolute Gasteiger partial charge is 0.336 e. The Labute approximate surface area is 196 Å². The number of hydrogen-bond donors (Lipinski definition) is 1. The van der Waals surface area contributed by atoms with Crippen molar-refractivity contribution in [1.29, 1.82) is 0 Å².